The fourth-order valence-electron chi connectivity index (χ4n) is 4.54. The predicted molar refractivity (Wildman–Crippen MR) is 123 cm³/mol. The van der Waals surface area contributed by atoms with Crippen molar-refractivity contribution in [2.45, 2.75) is 57.9 Å². The Morgan fingerprint density at radius 3 is 2.82 bits per heavy atom. The van der Waals surface area contributed by atoms with Gasteiger partial charge in [-0.3, -0.25) is 29.5 Å². The normalized spacial score (nSPS) is 20.1. The first-order chi connectivity index (χ1) is 15.8. The number of nitrogens with one attached hydrogen (secondary N) is 3. The number of aryl methyl sites for hydroxylation is 1. The van der Waals surface area contributed by atoms with E-state index in [1.165, 1.54) is 18.2 Å². The van der Waals surface area contributed by atoms with Gasteiger partial charge in [0.25, 0.3) is 11.2 Å². The third-order valence-corrected chi connectivity index (χ3v) is 6.30. The molecule has 11 heteroatoms. The lowest BCUT2D eigenvalue weighted by Crippen LogP contribution is -2.43. The van der Waals surface area contributed by atoms with E-state index in [0.29, 0.717) is 17.2 Å². The van der Waals surface area contributed by atoms with Crippen molar-refractivity contribution < 1.29 is 14.5 Å². The molecular formula is C22H26N6O5. The van der Waals surface area contributed by atoms with Crippen molar-refractivity contribution in [2.75, 3.05) is 22.1 Å². The Balaban J connectivity index is 1.64. The smallest absolute Gasteiger partial charge is 0.269 e. The molecule has 3 heterocycles. The van der Waals surface area contributed by atoms with Gasteiger partial charge in [0.15, 0.2) is 0 Å². The van der Waals surface area contributed by atoms with Crippen LogP contribution >= 0.6 is 0 Å². The molecule has 2 aliphatic heterocycles. The van der Waals surface area contributed by atoms with Crippen molar-refractivity contribution in [3.8, 4) is 0 Å². The van der Waals surface area contributed by atoms with E-state index in [2.05, 4.69) is 32.4 Å². The minimum absolute atomic E-state index is 0.0934. The fourth-order valence-corrected chi connectivity index (χ4v) is 4.54. The Labute approximate surface area is 189 Å². The quantitative estimate of drug-likeness (QED) is 0.464. The van der Waals surface area contributed by atoms with Gasteiger partial charge in [0.1, 0.15) is 5.82 Å². The van der Waals surface area contributed by atoms with Crippen molar-refractivity contribution in [3.05, 3.63) is 49.8 Å². The number of fused-ring (bicyclic) bond motifs is 1. The number of amides is 2. The van der Waals surface area contributed by atoms with Crippen LogP contribution in [0.4, 0.5) is 23.1 Å². The largest absolute Gasteiger partial charge is 0.339 e. The number of hydrogen-bond acceptors (Lipinski definition) is 7. The Bertz CT molecular complexity index is 1180. The number of benzene rings is 1. The maximum atomic E-state index is 13.1. The molecule has 2 atom stereocenters. The first-order valence-electron chi connectivity index (χ1n) is 11.0. The average molecular weight is 454 g/mol. The minimum atomic E-state index is -1.03. The number of anilines is 3. The first kappa shape index (κ1) is 22.4. The maximum Gasteiger partial charge on any atom is 0.269 e. The number of nitro groups is 1. The highest BCUT2D eigenvalue weighted by Crippen LogP contribution is 2.32. The molecule has 174 valence electrons. The standard InChI is InChI=1S/C22H26N6O5/c1-3-13-6-4-5-9-27(13)22-25-19-18(21(31)26-22)15(11-17(29)24-19)20(30)23-16-8-7-14(28(32)33)10-12(16)2/h7-8,10,13,15H,3-6,9,11H2,1-2H3,(H,23,30)(H2,24,25,26,29,31)/t13-,15+/m0/s1. The SMILES string of the molecule is CC[C@H]1CCCCN1c1nc2c(c(=O)[nH]1)[C@H](C(=O)Nc1ccc([N+](=O)[O-])cc1C)CC(=O)N2. The van der Waals surface area contributed by atoms with Gasteiger partial charge in [0.05, 0.1) is 16.4 Å². The van der Waals surface area contributed by atoms with Gasteiger partial charge in [-0.2, -0.15) is 4.98 Å². The number of piperidine rings is 1. The molecule has 1 aromatic carbocycles. The molecule has 1 fully saturated rings. The van der Waals surface area contributed by atoms with Gasteiger partial charge in [0, 0.05) is 36.8 Å². The van der Waals surface area contributed by atoms with Gasteiger partial charge in [-0.15, -0.1) is 0 Å². The number of carbonyl (C=O) groups is 2. The summed E-state index contributed by atoms with van der Waals surface area (Å²) in [4.78, 5) is 58.3. The van der Waals surface area contributed by atoms with Crippen LogP contribution in [0.2, 0.25) is 0 Å². The van der Waals surface area contributed by atoms with Gasteiger partial charge in [0.2, 0.25) is 17.8 Å². The zero-order valence-electron chi connectivity index (χ0n) is 18.5. The van der Waals surface area contributed by atoms with E-state index < -0.39 is 28.2 Å². The molecule has 2 aliphatic rings. The molecule has 0 radical (unpaired) electrons. The van der Waals surface area contributed by atoms with Gasteiger partial charge < -0.3 is 15.5 Å². The molecule has 0 bridgehead atoms. The Morgan fingerprint density at radius 2 is 2.12 bits per heavy atom. The monoisotopic (exact) mass is 454 g/mol. The van der Waals surface area contributed by atoms with Crippen LogP contribution in [0.25, 0.3) is 0 Å². The molecule has 0 aliphatic carbocycles. The van der Waals surface area contributed by atoms with E-state index in [1.54, 1.807) is 6.92 Å². The molecule has 2 aromatic rings. The van der Waals surface area contributed by atoms with Crippen LogP contribution < -0.4 is 21.1 Å². The molecule has 11 nitrogen and oxygen atoms in total. The maximum absolute atomic E-state index is 13.1. The lowest BCUT2D eigenvalue weighted by Gasteiger charge is -2.36. The molecule has 4 rings (SSSR count). The van der Waals surface area contributed by atoms with Crippen molar-refractivity contribution in [2.24, 2.45) is 0 Å². The van der Waals surface area contributed by atoms with Crippen LogP contribution in [0.5, 0.6) is 0 Å². The summed E-state index contributed by atoms with van der Waals surface area (Å²) in [6, 6.07) is 4.32. The van der Waals surface area contributed by atoms with Crippen LogP contribution in [0.3, 0.4) is 0 Å². The highest BCUT2D eigenvalue weighted by molar-refractivity contribution is 6.04. The molecule has 33 heavy (non-hydrogen) atoms. The van der Waals surface area contributed by atoms with E-state index >= 15 is 0 Å². The lowest BCUT2D eigenvalue weighted by molar-refractivity contribution is -0.384. The van der Waals surface area contributed by atoms with E-state index in [1.807, 2.05) is 0 Å². The number of carbonyl (C=O) groups excluding carboxylic acids is 2. The van der Waals surface area contributed by atoms with E-state index in [-0.39, 0.29) is 29.5 Å². The third-order valence-electron chi connectivity index (χ3n) is 6.30. The van der Waals surface area contributed by atoms with Crippen LogP contribution in [0.15, 0.2) is 23.0 Å². The summed E-state index contributed by atoms with van der Waals surface area (Å²) < 4.78 is 0. The molecule has 0 saturated carbocycles. The van der Waals surface area contributed by atoms with Gasteiger partial charge >= 0.3 is 0 Å². The number of H-pyrrole nitrogens is 1. The summed E-state index contributed by atoms with van der Waals surface area (Å²) in [6.07, 6.45) is 3.82. The van der Waals surface area contributed by atoms with Gasteiger partial charge in [-0.25, -0.2) is 0 Å². The summed E-state index contributed by atoms with van der Waals surface area (Å²) >= 11 is 0. The molecule has 0 spiro atoms. The summed E-state index contributed by atoms with van der Waals surface area (Å²) in [5, 5.41) is 16.3. The van der Waals surface area contributed by atoms with Crippen LogP contribution in [0.1, 0.15) is 56.1 Å². The van der Waals surface area contributed by atoms with Crippen molar-refractivity contribution in [1.82, 2.24) is 9.97 Å². The van der Waals surface area contributed by atoms with Gasteiger partial charge in [-0.1, -0.05) is 6.92 Å². The van der Waals surface area contributed by atoms with Crippen LogP contribution in [-0.4, -0.2) is 39.3 Å². The Morgan fingerprint density at radius 1 is 1.33 bits per heavy atom. The summed E-state index contributed by atoms with van der Waals surface area (Å²) in [7, 11) is 0. The fraction of sp³-hybridized carbons (Fsp3) is 0.455. The second-order valence-electron chi connectivity index (χ2n) is 8.45. The lowest BCUT2D eigenvalue weighted by atomic mass is 9.92. The third kappa shape index (κ3) is 4.43. The Kier molecular flexibility index (Phi) is 6.12. The predicted octanol–water partition coefficient (Wildman–Crippen LogP) is 2.82. The number of rotatable bonds is 5. The first-order valence-corrected chi connectivity index (χ1v) is 11.0. The van der Waals surface area contributed by atoms with Crippen molar-refractivity contribution in [3.63, 3.8) is 0 Å². The summed E-state index contributed by atoms with van der Waals surface area (Å²) in [6.45, 7) is 4.48. The Hall–Kier alpha value is -3.76. The molecule has 2 amide bonds. The van der Waals surface area contributed by atoms with Crippen molar-refractivity contribution in [1.29, 1.82) is 0 Å². The molecular weight excluding hydrogens is 428 g/mol. The van der Waals surface area contributed by atoms with Crippen LogP contribution in [0, 0.1) is 17.0 Å². The number of nitrogens with zero attached hydrogens (tertiary/aromatic N) is 3. The van der Waals surface area contributed by atoms with Crippen LogP contribution in [-0.2, 0) is 9.59 Å². The van der Waals surface area contributed by atoms with Crippen molar-refractivity contribution >= 4 is 35.0 Å². The number of aromatic amines is 1. The minimum Gasteiger partial charge on any atom is -0.339 e. The second kappa shape index (κ2) is 9.00. The zero-order chi connectivity index (χ0) is 23.7. The summed E-state index contributed by atoms with van der Waals surface area (Å²) in [5.41, 5.74) is 0.426. The molecule has 1 aromatic heterocycles. The number of nitro benzene ring substituents is 1. The topological polar surface area (TPSA) is 150 Å². The van der Waals surface area contributed by atoms with E-state index in [0.717, 1.165) is 32.2 Å². The number of hydrogen-bond donors (Lipinski definition) is 3. The number of aromatic nitrogens is 2. The highest BCUT2D eigenvalue weighted by atomic mass is 16.6. The number of non-ortho nitro benzene ring substituents is 1. The van der Waals surface area contributed by atoms with E-state index in [9.17, 15) is 24.5 Å². The zero-order valence-corrected chi connectivity index (χ0v) is 18.5. The highest BCUT2D eigenvalue weighted by Gasteiger charge is 2.36. The summed E-state index contributed by atoms with van der Waals surface area (Å²) in [5.74, 6) is -1.48. The molecule has 1 saturated heterocycles. The second-order valence-corrected chi connectivity index (χ2v) is 8.45. The van der Waals surface area contributed by atoms with E-state index in [4.69, 9.17) is 0 Å². The average Bonchev–Trinajstić information content (AvgIpc) is 2.79. The molecule has 0 unspecified atom stereocenters. The molecule has 3 N–H and O–H groups in total. The van der Waals surface area contributed by atoms with Gasteiger partial charge in [-0.05, 0) is 44.2 Å².